The van der Waals surface area contributed by atoms with Gasteiger partial charge < -0.3 is 14.7 Å². The van der Waals surface area contributed by atoms with Gasteiger partial charge in [-0.15, -0.1) is 0 Å². The molecule has 4 nitrogen and oxygen atoms in total. The Kier molecular flexibility index (Phi) is 3.08. The minimum atomic E-state index is -0.273. The zero-order chi connectivity index (χ0) is 12.7. The van der Waals surface area contributed by atoms with Crippen LogP contribution in [0, 0.1) is 6.92 Å². The van der Waals surface area contributed by atoms with Crippen LogP contribution in [-0.4, -0.2) is 35.4 Å². The van der Waals surface area contributed by atoms with E-state index in [2.05, 4.69) is 9.88 Å². The number of fused-ring (bicyclic) bond motifs is 3. The molecule has 0 amide bonds. The van der Waals surface area contributed by atoms with Crippen molar-refractivity contribution >= 4 is 17.4 Å². The summed E-state index contributed by atoms with van der Waals surface area (Å²) in [6.45, 7) is 3.27. The van der Waals surface area contributed by atoms with Gasteiger partial charge in [0.1, 0.15) is 0 Å². The second-order valence-corrected chi connectivity index (χ2v) is 5.47. The van der Waals surface area contributed by atoms with Crippen LogP contribution in [0.1, 0.15) is 24.8 Å². The minimum absolute atomic E-state index is 0.273. The third kappa shape index (κ3) is 1.93. The number of aliphatic hydroxyl groups excluding tert-OH is 1. The van der Waals surface area contributed by atoms with E-state index in [-0.39, 0.29) is 6.10 Å². The number of pyridine rings is 1. The van der Waals surface area contributed by atoms with Crippen LogP contribution >= 0.6 is 11.6 Å². The van der Waals surface area contributed by atoms with E-state index in [0.29, 0.717) is 24.2 Å². The lowest BCUT2D eigenvalue weighted by Crippen LogP contribution is -2.45. The predicted octanol–water partition coefficient (Wildman–Crippen LogP) is 2.16. The molecule has 1 saturated heterocycles. The lowest BCUT2D eigenvalue weighted by molar-refractivity contribution is 0.139. The molecule has 2 aliphatic heterocycles. The zero-order valence-corrected chi connectivity index (χ0v) is 11.2. The van der Waals surface area contributed by atoms with E-state index in [9.17, 15) is 5.11 Å². The average Bonchev–Trinajstić information content (AvgIpc) is 2.53. The number of anilines is 1. The standard InChI is InChI=1S/C13H17ClN2O2/c1-8-11(14)6-15-13-12(8)18-5-4-9-2-3-10(17)7-16(9)13/h6,9-10,17H,2-5,7H2,1H3. The van der Waals surface area contributed by atoms with Gasteiger partial charge >= 0.3 is 0 Å². The molecule has 1 N–H and O–H groups in total. The lowest BCUT2D eigenvalue weighted by Gasteiger charge is -2.37. The number of hydrogen-bond donors (Lipinski definition) is 1. The van der Waals surface area contributed by atoms with E-state index < -0.39 is 0 Å². The Balaban J connectivity index is 2.05. The van der Waals surface area contributed by atoms with Crippen molar-refractivity contribution in [2.75, 3.05) is 18.1 Å². The van der Waals surface area contributed by atoms with Crippen LogP contribution in [0.2, 0.25) is 5.02 Å². The first kappa shape index (κ1) is 12.1. The highest BCUT2D eigenvalue weighted by atomic mass is 35.5. The first-order chi connectivity index (χ1) is 8.66. The van der Waals surface area contributed by atoms with Crippen LogP contribution in [0.25, 0.3) is 0 Å². The van der Waals surface area contributed by atoms with E-state index in [1.807, 2.05) is 6.92 Å². The number of aliphatic hydroxyl groups is 1. The third-order valence-corrected chi connectivity index (χ3v) is 4.23. The van der Waals surface area contributed by atoms with Crippen LogP contribution in [0.4, 0.5) is 5.82 Å². The molecule has 0 bridgehead atoms. The topological polar surface area (TPSA) is 45.6 Å². The third-order valence-electron chi connectivity index (χ3n) is 3.85. The normalized spacial score (nSPS) is 26.9. The number of ether oxygens (including phenoxy) is 1. The maximum absolute atomic E-state index is 9.85. The molecule has 0 spiro atoms. The summed E-state index contributed by atoms with van der Waals surface area (Å²) in [5.74, 6) is 1.61. The number of aromatic nitrogens is 1. The number of piperidine rings is 1. The number of halogens is 1. The van der Waals surface area contributed by atoms with E-state index in [1.54, 1.807) is 6.20 Å². The van der Waals surface area contributed by atoms with Crippen molar-refractivity contribution in [1.82, 2.24) is 4.98 Å². The summed E-state index contributed by atoms with van der Waals surface area (Å²) in [5, 5.41) is 10.5. The highest BCUT2D eigenvalue weighted by Gasteiger charge is 2.33. The SMILES string of the molecule is Cc1c(Cl)cnc2c1OCCC1CCC(O)CN21. The van der Waals surface area contributed by atoms with Gasteiger partial charge in [0, 0.05) is 30.8 Å². The maximum atomic E-state index is 9.85. The molecule has 2 aliphatic rings. The Morgan fingerprint density at radius 2 is 2.28 bits per heavy atom. The summed E-state index contributed by atoms with van der Waals surface area (Å²) < 4.78 is 5.82. The lowest BCUT2D eigenvalue weighted by atomic mass is 9.98. The summed E-state index contributed by atoms with van der Waals surface area (Å²) in [6, 6.07) is 0.419. The molecular formula is C13H17ClN2O2. The van der Waals surface area contributed by atoms with Gasteiger partial charge in [0.05, 0.1) is 17.7 Å². The molecule has 2 unspecified atom stereocenters. The molecule has 98 valence electrons. The molecule has 3 heterocycles. The smallest absolute Gasteiger partial charge is 0.172 e. The van der Waals surface area contributed by atoms with Crippen LogP contribution < -0.4 is 9.64 Å². The maximum Gasteiger partial charge on any atom is 0.172 e. The monoisotopic (exact) mass is 268 g/mol. The highest BCUT2D eigenvalue weighted by Crippen LogP contribution is 2.39. The molecule has 0 saturated carbocycles. The van der Waals surface area contributed by atoms with Crippen molar-refractivity contribution < 1.29 is 9.84 Å². The van der Waals surface area contributed by atoms with Crippen molar-refractivity contribution in [3.05, 3.63) is 16.8 Å². The fourth-order valence-corrected chi connectivity index (χ4v) is 2.93. The predicted molar refractivity (Wildman–Crippen MR) is 70.5 cm³/mol. The van der Waals surface area contributed by atoms with Crippen LogP contribution in [-0.2, 0) is 0 Å². The first-order valence-corrected chi connectivity index (χ1v) is 6.77. The summed E-state index contributed by atoms with van der Waals surface area (Å²) in [6.07, 6.45) is 4.23. The first-order valence-electron chi connectivity index (χ1n) is 6.39. The fraction of sp³-hybridized carbons (Fsp3) is 0.615. The quantitative estimate of drug-likeness (QED) is 0.783. The van der Waals surface area contributed by atoms with Gasteiger partial charge in [0.2, 0.25) is 0 Å². The number of rotatable bonds is 0. The second kappa shape index (κ2) is 4.59. The number of hydrogen-bond acceptors (Lipinski definition) is 4. The Morgan fingerprint density at radius 1 is 1.44 bits per heavy atom. The molecular weight excluding hydrogens is 252 g/mol. The molecule has 0 aromatic carbocycles. The van der Waals surface area contributed by atoms with Gasteiger partial charge in [-0.1, -0.05) is 11.6 Å². The Labute approximate surface area is 112 Å². The van der Waals surface area contributed by atoms with Crippen LogP contribution in [0.5, 0.6) is 5.75 Å². The fourth-order valence-electron chi connectivity index (χ4n) is 2.79. The molecule has 3 rings (SSSR count). The summed E-state index contributed by atoms with van der Waals surface area (Å²) >= 11 is 6.09. The molecule has 0 aliphatic carbocycles. The molecule has 1 aromatic rings. The summed E-state index contributed by atoms with van der Waals surface area (Å²) in [5.41, 5.74) is 0.933. The van der Waals surface area contributed by atoms with Crippen molar-refractivity contribution in [2.45, 2.75) is 38.3 Å². The molecule has 0 radical (unpaired) electrons. The summed E-state index contributed by atoms with van der Waals surface area (Å²) in [4.78, 5) is 6.60. The van der Waals surface area contributed by atoms with Crippen LogP contribution in [0.3, 0.4) is 0 Å². The molecule has 1 fully saturated rings. The minimum Gasteiger partial charge on any atom is -0.489 e. The highest BCUT2D eigenvalue weighted by molar-refractivity contribution is 6.31. The number of nitrogens with zero attached hydrogens (tertiary/aromatic N) is 2. The van der Waals surface area contributed by atoms with Crippen molar-refractivity contribution in [3.63, 3.8) is 0 Å². The van der Waals surface area contributed by atoms with E-state index >= 15 is 0 Å². The van der Waals surface area contributed by atoms with Gasteiger partial charge in [-0.05, 0) is 19.8 Å². The average molecular weight is 269 g/mol. The Hall–Kier alpha value is -1.00. The molecule has 18 heavy (non-hydrogen) atoms. The van der Waals surface area contributed by atoms with Gasteiger partial charge in [-0.25, -0.2) is 4.98 Å². The van der Waals surface area contributed by atoms with E-state index in [4.69, 9.17) is 16.3 Å². The molecule has 5 heteroatoms. The van der Waals surface area contributed by atoms with Crippen molar-refractivity contribution in [3.8, 4) is 5.75 Å². The molecule has 1 aromatic heterocycles. The summed E-state index contributed by atoms with van der Waals surface area (Å²) in [7, 11) is 0. The zero-order valence-electron chi connectivity index (χ0n) is 10.4. The van der Waals surface area contributed by atoms with Gasteiger partial charge in [-0.3, -0.25) is 0 Å². The largest absolute Gasteiger partial charge is 0.489 e. The van der Waals surface area contributed by atoms with E-state index in [1.165, 1.54) is 0 Å². The van der Waals surface area contributed by atoms with Crippen molar-refractivity contribution in [1.29, 1.82) is 0 Å². The Morgan fingerprint density at radius 3 is 3.11 bits per heavy atom. The molecule has 2 atom stereocenters. The van der Waals surface area contributed by atoms with Gasteiger partial charge in [0.15, 0.2) is 11.6 Å². The van der Waals surface area contributed by atoms with E-state index in [0.717, 1.165) is 36.4 Å². The van der Waals surface area contributed by atoms with Crippen molar-refractivity contribution in [2.24, 2.45) is 0 Å². The Bertz CT molecular complexity index is 467. The van der Waals surface area contributed by atoms with Gasteiger partial charge in [-0.2, -0.15) is 0 Å². The second-order valence-electron chi connectivity index (χ2n) is 5.06. The van der Waals surface area contributed by atoms with Crippen LogP contribution in [0.15, 0.2) is 6.20 Å². The van der Waals surface area contributed by atoms with Gasteiger partial charge in [0.25, 0.3) is 0 Å².